The third-order valence-corrected chi connectivity index (χ3v) is 5.66. The van der Waals surface area contributed by atoms with E-state index in [1.165, 1.54) is 44.9 Å². The average Bonchev–Trinajstić information content (AvgIpc) is 2.81. The number of amides is 4. The van der Waals surface area contributed by atoms with Crippen LogP contribution in [0.15, 0.2) is 48.0 Å². The first-order chi connectivity index (χ1) is 16.4. The molecular formula is C26H29ClN2O5. The van der Waals surface area contributed by atoms with Gasteiger partial charge in [0.15, 0.2) is 11.5 Å². The Balaban J connectivity index is 1.74. The summed E-state index contributed by atoms with van der Waals surface area (Å²) < 4.78 is 11.3. The van der Waals surface area contributed by atoms with Crippen LogP contribution < -0.4 is 19.7 Å². The molecule has 0 bridgehead atoms. The van der Waals surface area contributed by atoms with Gasteiger partial charge in [0, 0.05) is 5.02 Å². The molecule has 3 rings (SSSR count). The molecule has 34 heavy (non-hydrogen) atoms. The molecule has 0 aliphatic carbocycles. The normalized spacial score (nSPS) is 15.0. The molecule has 2 aromatic rings. The minimum absolute atomic E-state index is 0.178. The number of unbranched alkanes of at least 4 members (excludes halogenated alkanes) is 5. The number of urea groups is 1. The molecule has 0 atom stereocenters. The molecule has 4 amide bonds. The number of ether oxygens (including phenoxy) is 2. The average molecular weight is 485 g/mol. The fourth-order valence-corrected chi connectivity index (χ4v) is 3.82. The molecule has 1 aliphatic heterocycles. The van der Waals surface area contributed by atoms with Crippen molar-refractivity contribution in [3.05, 3.63) is 58.6 Å². The van der Waals surface area contributed by atoms with Crippen LogP contribution in [0.25, 0.3) is 6.08 Å². The van der Waals surface area contributed by atoms with E-state index in [0.29, 0.717) is 28.7 Å². The molecule has 0 radical (unpaired) electrons. The van der Waals surface area contributed by atoms with Crippen LogP contribution in [0.3, 0.4) is 0 Å². The summed E-state index contributed by atoms with van der Waals surface area (Å²) in [6.07, 6.45) is 8.42. The van der Waals surface area contributed by atoms with E-state index in [0.717, 1.165) is 17.7 Å². The molecule has 1 heterocycles. The Morgan fingerprint density at radius 2 is 1.74 bits per heavy atom. The van der Waals surface area contributed by atoms with E-state index in [4.69, 9.17) is 21.1 Å². The summed E-state index contributed by atoms with van der Waals surface area (Å²) >= 11 is 6.00. The first-order valence-corrected chi connectivity index (χ1v) is 11.8. The Labute approximate surface area is 204 Å². The number of halogens is 1. The van der Waals surface area contributed by atoms with Gasteiger partial charge in [-0.1, -0.05) is 62.8 Å². The van der Waals surface area contributed by atoms with E-state index < -0.39 is 17.8 Å². The fraction of sp³-hybridized carbons (Fsp3) is 0.346. The van der Waals surface area contributed by atoms with E-state index >= 15 is 0 Å². The number of nitrogens with one attached hydrogen (secondary N) is 1. The molecule has 8 heteroatoms. The first-order valence-electron chi connectivity index (χ1n) is 11.4. The number of hydrogen-bond acceptors (Lipinski definition) is 5. The molecule has 2 aromatic carbocycles. The van der Waals surface area contributed by atoms with Gasteiger partial charge >= 0.3 is 6.03 Å². The van der Waals surface area contributed by atoms with Crippen LogP contribution >= 0.6 is 11.6 Å². The van der Waals surface area contributed by atoms with Crippen LogP contribution in [-0.2, 0) is 9.59 Å². The van der Waals surface area contributed by atoms with Gasteiger partial charge in [0.05, 0.1) is 19.4 Å². The highest BCUT2D eigenvalue weighted by atomic mass is 35.5. The molecule has 180 valence electrons. The van der Waals surface area contributed by atoms with Crippen molar-refractivity contribution >= 4 is 41.2 Å². The maximum absolute atomic E-state index is 13.0. The van der Waals surface area contributed by atoms with Crippen LogP contribution in [-0.4, -0.2) is 31.6 Å². The summed E-state index contributed by atoms with van der Waals surface area (Å²) in [4.78, 5) is 38.7. The monoisotopic (exact) mass is 484 g/mol. The van der Waals surface area contributed by atoms with Gasteiger partial charge in [-0.15, -0.1) is 0 Å². The number of rotatable bonds is 11. The van der Waals surface area contributed by atoms with E-state index in [-0.39, 0.29) is 11.3 Å². The lowest BCUT2D eigenvalue weighted by atomic mass is 10.1. The lowest BCUT2D eigenvalue weighted by Crippen LogP contribution is -2.54. The van der Waals surface area contributed by atoms with Gasteiger partial charge in [0.25, 0.3) is 11.8 Å². The Morgan fingerprint density at radius 3 is 2.47 bits per heavy atom. The van der Waals surface area contributed by atoms with Crippen molar-refractivity contribution in [2.24, 2.45) is 0 Å². The molecule has 1 N–H and O–H groups in total. The van der Waals surface area contributed by atoms with E-state index in [1.807, 2.05) is 0 Å². The summed E-state index contributed by atoms with van der Waals surface area (Å²) in [5.41, 5.74) is 0.648. The SMILES string of the molecule is CCCCCCCCOc1ccc(/C=C2\C(=O)NC(=O)N(c3cccc(Cl)c3)C2=O)cc1OC. The number of hydrogen-bond donors (Lipinski definition) is 1. The van der Waals surface area contributed by atoms with Crippen molar-refractivity contribution in [3.63, 3.8) is 0 Å². The molecule has 1 aliphatic rings. The third-order valence-electron chi connectivity index (χ3n) is 5.42. The van der Waals surface area contributed by atoms with Gasteiger partial charge in [-0.25, -0.2) is 9.69 Å². The number of carbonyl (C=O) groups excluding carboxylic acids is 3. The molecule has 7 nitrogen and oxygen atoms in total. The van der Waals surface area contributed by atoms with Crippen molar-refractivity contribution < 1.29 is 23.9 Å². The molecular weight excluding hydrogens is 456 g/mol. The van der Waals surface area contributed by atoms with Gasteiger partial charge in [-0.05, 0) is 48.4 Å². The molecule has 0 saturated carbocycles. The van der Waals surface area contributed by atoms with Crippen molar-refractivity contribution in [1.29, 1.82) is 0 Å². The van der Waals surface area contributed by atoms with Crippen LogP contribution in [0.2, 0.25) is 5.02 Å². The van der Waals surface area contributed by atoms with Gasteiger partial charge in [0.1, 0.15) is 5.57 Å². The highest BCUT2D eigenvalue weighted by molar-refractivity contribution is 6.39. The third kappa shape index (κ3) is 6.38. The van der Waals surface area contributed by atoms with Crippen molar-refractivity contribution in [3.8, 4) is 11.5 Å². The van der Waals surface area contributed by atoms with Gasteiger partial charge in [-0.3, -0.25) is 14.9 Å². The minimum Gasteiger partial charge on any atom is -0.493 e. The van der Waals surface area contributed by atoms with Crippen LogP contribution in [0, 0.1) is 0 Å². The number of nitrogens with zero attached hydrogens (tertiary/aromatic N) is 1. The predicted octanol–water partition coefficient (Wildman–Crippen LogP) is 5.75. The Bertz CT molecular complexity index is 1080. The molecule has 0 spiro atoms. The number of imide groups is 2. The Kier molecular flexibility index (Phi) is 9.10. The molecule has 0 aromatic heterocycles. The summed E-state index contributed by atoms with van der Waals surface area (Å²) in [6.45, 7) is 2.78. The zero-order valence-corrected chi connectivity index (χ0v) is 20.2. The summed E-state index contributed by atoms with van der Waals surface area (Å²) in [6, 6.07) is 10.6. The van der Waals surface area contributed by atoms with E-state index in [1.54, 1.807) is 36.4 Å². The second-order valence-electron chi connectivity index (χ2n) is 7.96. The summed E-state index contributed by atoms with van der Waals surface area (Å²) in [5.74, 6) is -0.422. The van der Waals surface area contributed by atoms with Gasteiger partial charge in [-0.2, -0.15) is 0 Å². The minimum atomic E-state index is -0.828. The van der Waals surface area contributed by atoms with Crippen LogP contribution in [0.5, 0.6) is 11.5 Å². The lowest BCUT2D eigenvalue weighted by Gasteiger charge is -2.26. The number of benzene rings is 2. The van der Waals surface area contributed by atoms with Gasteiger partial charge in [0.2, 0.25) is 0 Å². The Morgan fingerprint density at radius 1 is 0.971 bits per heavy atom. The summed E-state index contributed by atoms with van der Waals surface area (Å²) in [7, 11) is 1.53. The smallest absolute Gasteiger partial charge is 0.335 e. The number of barbiturate groups is 1. The maximum atomic E-state index is 13.0. The number of carbonyl (C=O) groups is 3. The topological polar surface area (TPSA) is 84.9 Å². The summed E-state index contributed by atoms with van der Waals surface area (Å²) in [5, 5.41) is 2.56. The second-order valence-corrected chi connectivity index (χ2v) is 8.40. The highest BCUT2D eigenvalue weighted by Crippen LogP contribution is 2.30. The van der Waals surface area contributed by atoms with Crippen LogP contribution in [0.1, 0.15) is 51.0 Å². The Hall–Kier alpha value is -3.32. The number of methoxy groups -OCH3 is 1. The van der Waals surface area contributed by atoms with Crippen LogP contribution in [0.4, 0.5) is 10.5 Å². The largest absolute Gasteiger partial charge is 0.493 e. The lowest BCUT2D eigenvalue weighted by molar-refractivity contribution is -0.122. The standard InChI is InChI=1S/C26H29ClN2O5/c1-3-4-5-6-7-8-14-34-22-13-12-18(16-23(22)33-2)15-21-24(30)28-26(32)29(25(21)31)20-11-9-10-19(27)17-20/h9-13,15-17H,3-8,14H2,1-2H3,(H,28,30,32)/b21-15+. The predicted molar refractivity (Wildman–Crippen MR) is 132 cm³/mol. The first kappa shape index (κ1) is 25.3. The molecule has 1 saturated heterocycles. The zero-order valence-electron chi connectivity index (χ0n) is 19.4. The fourth-order valence-electron chi connectivity index (χ4n) is 3.63. The maximum Gasteiger partial charge on any atom is 0.335 e. The van der Waals surface area contributed by atoms with Gasteiger partial charge < -0.3 is 9.47 Å². The second kappa shape index (κ2) is 12.2. The molecule has 0 unspecified atom stereocenters. The van der Waals surface area contributed by atoms with Crippen molar-refractivity contribution in [2.75, 3.05) is 18.6 Å². The molecule has 1 fully saturated rings. The quantitative estimate of drug-likeness (QED) is 0.249. The zero-order chi connectivity index (χ0) is 24.5. The highest BCUT2D eigenvalue weighted by Gasteiger charge is 2.36. The van der Waals surface area contributed by atoms with E-state index in [9.17, 15) is 14.4 Å². The number of anilines is 1. The van der Waals surface area contributed by atoms with Crippen molar-refractivity contribution in [1.82, 2.24) is 5.32 Å². The van der Waals surface area contributed by atoms with Crippen molar-refractivity contribution in [2.45, 2.75) is 45.4 Å². The van der Waals surface area contributed by atoms with E-state index in [2.05, 4.69) is 12.2 Å².